The van der Waals surface area contributed by atoms with Gasteiger partial charge in [-0.1, -0.05) is 19.9 Å². The number of rotatable bonds is 3. The van der Waals surface area contributed by atoms with Gasteiger partial charge in [0.1, 0.15) is 5.82 Å². The molecule has 1 aromatic carbocycles. The Morgan fingerprint density at radius 2 is 2.17 bits per heavy atom. The summed E-state index contributed by atoms with van der Waals surface area (Å²) < 4.78 is 2.06. The van der Waals surface area contributed by atoms with E-state index >= 15 is 0 Å². The molecule has 0 unspecified atom stereocenters. The van der Waals surface area contributed by atoms with E-state index in [0.717, 1.165) is 22.4 Å². The molecule has 0 aliphatic heterocycles. The molecule has 1 amide bonds. The van der Waals surface area contributed by atoms with Crippen molar-refractivity contribution in [2.45, 2.75) is 27.3 Å². The largest absolute Gasteiger partial charge is 0.352 e. The lowest BCUT2D eigenvalue weighted by Gasteiger charge is -2.07. The van der Waals surface area contributed by atoms with Gasteiger partial charge >= 0.3 is 0 Å². The number of amides is 1. The summed E-state index contributed by atoms with van der Waals surface area (Å²) in [5.41, 5.74) is 3.17. The Labute approximate surface area is 107 Å². The monoisotopic (exact) mass is 245 g/mol. The van der Waals surface area contributed by atoms with Gasteiger partial charge in [0.2, 0.25) is 5.91 Å². The van der Waals surface area contributed by atoms with Crippen molar-refractivity contribution in [3.63, 3.8) is 0 Å². The lowest BCUT2D eigenvalue weighted by molar-refractivity contribution is -0.124. The van der Waals surface area contributed by atoms with E-state index in [1.807, 2.05) is 46.0 Å². The highest BCUT2D eigenvalue weighted by molar-refractivity contribution is 5.79. The number of fused-ring (bicyclic) bond motifs is 1. The molecule has 18 heavy (non-hydrogen) atoms. The van der Waals surface area contributed by atoms with Crippen LogP contribution in [-0.2, 0) is 18.4 Å². The van der Waals surface area contributed by atoms with Crippen molar-refractivity contribution in [1.29, 1.82) is 0 Å². The number of aromatic nitrogens is 2. The number of imidazole rings is 1. The minimum atomic E-state index is 0.0193. The minimum Gasteiger partial charge on any atom is -0.352 e. The van der Waals surface area contributed by atoms with Gasteiger partial charge in [0, 0.05) is 19.5 Å². The van der Waals surface area contributed by atoms with Crippen LogP contribution in [0.15, 0.2) is 18.2 Å². The Morgan fingerprint density at radius 1 is 1.44 bits per heavy atom. The fourth-order valence-electron chi connectivity index (χ4n) is 1.87. The third kappa shape index (κ3) is 2.37. The molecule has 2 rings (SSSR count). The zero-order valence-corrected chi connectivity index (χ0v) is 11.3. The quantitative estimate of drug-likeness (QED) is 0.900. The van der Waals surface area contributed by atoms with Gasteiger partial charge in [-0.25, -0.2) is 4.98 Å². The minimum absolute atomic E-state index is 0.0193. The number of hydrogen-bond acceptors (Lipinski definition) is 2. The third-order valence-electron chi connectivity index (χ3n) is 3.16. The van der Waals surface area contributed by atoms with Crippen LogP contribution in [0.4, 0.5) is 0 Å². The van der Waals surface area contributed by atoms with E-state index < -0.39 is 0 Å². The van der Waals surface area contributed by atoms with E-state index in [1.54, 1.807) is 0 Å². The van der Waals surface area contributed by atoms with Crippen LogP contribution in [0.5, 0.6) is 0 Å². The van der Waals surface area contributed by atoms with Crippen molar-refractivity contribution in [2.24, 2.45) is 13.0 Å². The maximum absolute atomic E-state index is 11.5. The maximum atomic E-state index is 11.5. The van der Waals surface area contributed by atoms with Gasteiger partial charge in [0.05, 0.1) is 11.0 Å². The average molecular weight is 245 g/mol. The number of benzene rings is 1. The number of hydrogen-bond donors (Lipinski definition) is 1. The summed E-state index contributed by atoms with van der Waals surface area (Å²) in [5, 5.41) is 2.91. The Balaban J connectivity index is 2.18. The number of nitrogens with zero attached hydrogens (tertiary/aromatic N) is 2. The van der Waals surface area contributed by atoms with Gasteiger partial charge in [-0.3, -0.25) is 4.79 Å². The molecule has 2 aromatic rings. The Bertz CT molecular complexity index is 584. The number of carbonyl (C=O) groups excluding carboxylic acids is 1. The molecule has 0 aliphatic rings. The maximum Gasteiger partial charge on any atom is 0.222 e. The summed E-state index contributed by atoms with van der Waals surface area (Å²) >= 11 is 0. The van der Waals surface area contributed by atoms with Crippen LogP contribution in [-0.4, -0.2) is 15.5 Å². The van der Waals surface area contributed by atoms with Crippen LogP contribution in [0.1, 0.15) is 25.2 Å². The molecule has 4 nitrogen and oxygen atoms in total. The molecular weight excluding hydrogens is 226 g/mol. The molecule has 0 aliphatic carbocycles. The first-order valence-corrected chi connectivity index (χ1v) is 6.18. The average Bonchev–Trinajstić information content (AvgIpc) is 2.61. The molecule has 0 fully saturated rings. The summed E-state index contributed by atoms with van der Waals surface area (Å²) in [7, 11) is 2.00. The van der Waals surface area contributed by atoms with Crippen molar-refractivity contribution >= 4 is 16.9 Å². The zero-order chi connectivity index (χ0) is 13.3. The molecule has 4 heteroatoms. The van der Waals surface area contributed by atoms with Gasteiger partial charge in [-0.2, -0.15) is 0 Å². The van der Waals surface area contributed by atoms with E-state index in [-0.39, 0.29) is 11.8 Å². The molecule has 96 valence electrons. The Morgan fingerprint density at radius 3 is 2.83 bits per heavy atom. The van der Waals surface area contributed by atoms with Gasteiger partial charge in [0.15, 0.2) is 0 Å². The Kier molecular flexibility index (Phi) is 3.36. The normalized spacial score (nSPS) is 11.2. The molecule has 0 bridgehead atoms. The molecule has 0 radical (unpaired) electrons. The highest BCUT2D eigenvalue weighted by Crippen LogP contribution is 2.16. The van der Waals surface area contributed by atoms with Gasteiger partial charge in [0.25, 0.3) is 0 Å². The fraction of sp³-hybridized carbons (Fsp3) is 0.429. The molecule has 0 atom stereocenters. The first-order chi connectivity index (χ1) is 8.49. The Hall–Kier alpha value is -1.84. The van der Waals surface area contributed by atoms with E-state index in [9.17, 15) is 4.79 Å². The SMILES string of the molecule is Cc1nc2cc(CNC(=O)C(C)C)ccc2n1C. The zero-order valence-electron chi connectivity index (χ0n) is 11.3. The fourth-order valence-corrected chi connectivity index (χ4v) is 1.87. The van der Waals surface area contributed by atoms with Crippen molar-refractivity contribution in [2.75, 3.05) is 0 Å². The predicted octanol–water partition coefficient (Wildman–Crippen LogP) is 2.15. The van der Waals surface area contributed by atoms with Crippen LogP contribution < -0.4 is 5.32 Å². The van der Waals surface area contributed by atoms with Gasteiger partial charge < -0.3 is 9.88 Å². The van der Waals surface area contributed by atoms with Crippen molar-refractivity contribution in [3.05, 3.63) is 29.6 Å². The van der Waals surface area contributed by atoms with E-state index in [2.05, 4.69) is 14.9 Å². The highest BCUT2D eigenvalue weighted by atomic mass is 16.1. The first kappa shape index (κ1) is 12.6. The van der Waals surface area contributed by atoms with Crippen molar-refractivity contribution in [1.82, 2.24) is 14.9 Å². The van der Waals surface area contributed by atoms with Crippen molar-refractivity contribution in [3.8, 4) is 0 Å². The lowest BCUT2D eigenvalue weighted by atomic mass is 10.1. The summed E-state index contributed by atoms with van der Waals surface area (Å²) in [6, 6.07) is 6.11. The van der Waals surface area contributed by atoms with E-state index in [1.165, 1.54) is 0 Å². The summed E-state index contributed by atoms with van der Waals surface area (Å²) in [5.74, 6) is 1.09. The second kappa shape index (κ2) is 4.80. The van der Waals surface area contributed by atoms with E-state index in [0.29, 0.717) is 6.54 Å². The molecular formula is C14H19N3O. The van der Waals surface area contributed by atoms with Crippen LogP contribution in [0.2, 0.25) is 0 Å². The van der Waals surface area contributed by atoms with Crippen LogP contribution in [0.25, 0.3) is 11.0 Å². The van der Waals surface area contributed by atoms with Crippen LogP contribution in [0.3, 0.4) is 0 Å². The second-order valence-electron chi connectivity index (χ2n) is 4.91. The lowest BCUT2D eigenvalue weighted by Crippen LogP contribution is -2.27. The molecule has 1 heterocycles. The van der Waals surface area contributed by atoms with Crippen molar-refractivity contribution < 1.29 is 4.79 Å². The topological polar surface area (TPSA) is 46.9 Å². The highest BCUT2D eigenvalue weighted by Gasteiger charge is 2.08. The standard InChI is InChI=1S/C14H19N3O/c1-9(2)14(18)15-8-11-5-6-13-12(7-11)16-10(3)17(13)4/h5-7,9H,8H2,1-4H3,(H,15,18). The number of aryl methyl sites for hydroxylation is 2. The molecule has 1 aromatic heterocycles. The number of carbonyl (C=O) groups is 1. The summed E-state index contributed by atoms with van der Waals surface area (Å²) in [6.07, 6.45) is 0. The van der Waals surface area contributed by atoms with Crippen LogP contribution in [0, 0.1) is 12.8 Å². The van der Waals surface area contributed by atoms with Gasteiger partial charge in [-0.15, -0.1) is 0 Å². The van der Waals surface area contributed by atoms with E-state index in [4.69, 9.17) is 0 Å². The molecule has 0 spiro atoms. The third-order valence-corrected chi connectivity index (χ3v) is 3.16. The van der Waals surface area contributed by atoms with Crippen LogP contribution >= 0.6 is 0 Å². The molecule has 0 saturated heterocycles. The van der Waals surface area contributed by atoms with Gasteiger partial charge in [-0.05, 0) is 24.6 Å². The smallest absolute Gasteiger partial charge is 0.222 e. The summed E-state index contributed by atoms with van der Waals surface area (Å²) in [6.45, 7) is 6.32. The number of nitrogens with one attached hydrogen (secondary N) is 1. The second-order valence-corrected chi connectivity index (χ2v) is 4.91. The molecule has 1 N–H and O–H groups in total. The predicted molar refractivity (Wildman–Crippen MR) is 72.1 cm³/mol. The first-order valence-electron chi connectivity index (χ1n) is 6.18. The molecule has 0 saturated carbocycles. The summed E-state index contributed by atoms with van der Waals surface area (Å²) in [4.78, 5) is 16.0.